The Labute approximate surface area is 130 Å². The minimum Gasteiger partial charge on any atom is -0.306 e. The van der Waals surface area contributed by atoms with Gasteiger partial charge < -0.3 is 5.32 Å². The fraction of sp³-hybridized carbons (Fsp3) is 0.294. The number of hydrogen-bond acceptors (Lipinski definition) is 1. The molecule has 0 saturated carbocycles. The summed E-state index contributed by atoms with van der Waals surface area (Å²) < 4.78 is 0. The van der Waals surface area contributed by atoms with Crippen LogP contribution in [0.3, 0.4) is 0 Å². The van der Waals surface area contributed by atoms with E-state index in [4.69, 9.17) is 23.2 Å². The molecule has 0 amide bonds. The molecule has 1 nitrogen and oxygen atoms in total. The summed E-state index contributed by atoms with van der Waals surface area (Å²) in [6.07, 6.45) is 1.04. The number of benzene rings is 2. The summed E-state index contributed by atoms with van der Waals surface area (Å²) in [4.78, 5) is 0. The Hall–Kier alpha value is -1.02. The van der Waals surface area contributed by atoms with E-state index in [2.05, 4.69) is 43.4 Å². The Balaban J connectivity index is 2.44. The molecule has 0 fully saturated rings. The van der Waals surface area contributed by atoms with Crippen molar-refractivity contribution in [2.75, 3.05) is 6.54 Å². The van der Waals surface area contributed by atoms with Crippen LogP contribution in [0.2, 0.25) is 10.0 Å². The van der Waals surface area contributed by atoms with Crippen LogP contribution in [0.25, 0.3) is 0 Å². The lowest BCUT2D eigenvalue weighted by Gasteiger charge is -2.21. The zero-order chi connectivity index (χ0) is 14.5. The Kier molecular flexibility index (Phi) is 5.47. The van der Waals surface area contributed by atoms with E-state index in [1.807, 2.05) is 18.2 Å². The summed E-state index contributed by atoms with van der Waals surface area (Å²) in [7, 11) is 0. The molecule has 20 heavy (non-hydrogen) atoms. The van der Waals surface area contributed by atoms with Gasteiger partial charge in [-0.05, 0) is 36.2 Å². The largest absolute Gasteiger partial charge is 0.306 e. The number of nitrogens with one attached hydrogen (secondary N) is 1. The standard InChI is InChI=1S/C17H19Cl2N/c1-3-12-8-10-13(11-9-12)17(20-4-2)16-14(18)6-5-7-15(16)19/h5-11,17,20H,3-4H2,1-2H3. The minimum atomic E-state index is 0.0205. The van der Waals surface area contributed by atoms with Crippen LogP contribution in [0.4, 0.5) is 0 Å². The summed E-state index contributed by atoms with van der Waals surface area (Å²) in [5, 5.41) is 4.86. The SMILES string of the molecule is CCNC(c1ccc(CC)cc1)c1c(Cl)cccc1Cl. The van der Waals surface area contributed by atoms with Gasteiger partial charge in [0.05, 0.1) is 6.04 Å². The highest BCUT2D eigenvalue weighted by Gasteiger charge is 2.18. The Morgan fingerprint density at radius 3 is 2.05 bits per heavy atom. The molecular weight excluding hydrogens is 289 g/mol. The van der Waals surface area contributed by atoms with Gasteiger partial charge in [0.2, 0.25) is 0 Å². The summed E-state index contributed by atoms with van der Waals surface area (Å²) in [6.45, 7) is 5.08. The highest BCUT2D eigenvalue weighted by Crippen LogP contribution is 2.34. The lowest BCUT2D eigenvalue weighted by Crippen LogP contribution is -2.22. The predicted octanol–water partition coefficient (Wildman–Crippen LogP) is 5.25. The number of halogens is 2. The zero-order valence-corrected chi connectivity index (χ0v) is 13.3. The third-order valence-electron chi connectivity index (χ3n) is 3.42. The summed E-state index contributed by atoms with van der Waals surface area (Å²) in [5.41, 5.74) is 3.45. The van der Waals surface area contributed by atoms with Gasteiger partial charge in [-0.25, -0.2) is 0 Å². The highest BCUT2D eigenvalue weighted by atomic mass is 35.5. The Morgan fingerprint density at radius 2 is 1.55 bits per heavy atom. The first-order valence-corrected chi connectivity index (χ1v) is 7.69. The van der Waals surface area contributed by atoms with Gasteiger partial charge in [0.15, 0.2) is 0 Å². The van der Waals surface area contributed by atoms with Crippen LogP contribution in [0.5, 0.6) is 0 Å². The zero-order valence-electron chi connectivity index (χ0n) is 11.8. The molecule has 2 aromatic rings. The lowest BCUT2D eigenvalue weighted by atomic mass is 9.97. The molecule has 2 rings (SSSR count). The van der Waals surface area contributed by atoms with E-state index < -0.39 is 0 Å². The fourth-order valence-electron chi connectivity index (χ4n) is 2.32. The average Bonchev–Trinajstić information content (AvgIpc) is 2.46. The second-order valence-electron chi connectivity index (χ2n) is 4.72. The molecule has 1 atom stereocenters. The fourth-order valence-corrected chi connectivity index (χ4v) is 2.94. The molecule has 0 bridgehead atoms. The van der Waals surface area contributed by atoms with Crippen LogP contribution in [0, 0.1) is 0 Å². The van der Waals surface area contributed by atoms with Crippen LogP contribution in [-0.2, 0) is 6.42 Å². The van der Waals surface area contributed by atoms with Crippen molar-refractivity contribution in [3.63, 3.8) is 0 Å². The second-order valence-corrected chi connectivity index (χ2v) is 5.54. The van der Waals surface area contributed by atoms with Crippen molar-refractivity contribution in [3.8, 4) is 0 Å². The number of aryl methyl sites for hydroxylation is 1. The van der Waals surface area contributed by atoms with Gasteiger partial charge in [-0.3, -0.25) is 0 Å². The first-order chi connectivity index (χ1) is 9.67. The van der Waals surface area contributed by atoms with Crippen LogP contribution >= 0.6 is 23.2 Å². The van der Waals surface area contributed by atoms with E-state index in [-0.39, 0.29) is 6.04 Å². The minimum absolute atomic E-state index is 0.0205. The van der Waals surface area contributed by atoms with Gasteiger partial charge in [0, 0.05) is 15.6 Å². The molecule has 0 heterocycles. The average molecular weight is 308 g/mol. The van der Waals surface area contributed by atoms with Crippen molar-refractivity contribution in [3.05, 3.63) is 69.2 Å². The Morgan fingerprint density at radius 1 is 0.950 bits per heavy atom. The molecule has 0 spiro atoms. The molecule has 1 N–H and O–H groups in total. The van der Waals surface area contributed by atoms with Crippen LogP contribution in [-0.4, -0.2) is 6.54 Å². The lowest BCUT2D eigenvalue weighted by molar-refractivity contribution is 0.631. The van der Waals surface area contributed by atoms with E-state index >= 15 is 0 Å². The van der Waals surface area contributed by atoms with Gasteiger partial charge in [-0.2, -0.15) is 0 Å². The van der Waals surface area contributed by atoms with Crippen molar-refractivity contribution >= 4 is 23.2 Å². The van der Waals surface area contributed by atoms with E-state index in [0.29, 0.717) is 10.0 Å². The molecular formula is C17H19Cl2N. The van der Waals surface area contributed by atoms with E-state index in [9.17, 15) is 0 Å². The van der Waals surface area contributed by atoms with Gasteiger partial charge in [0.25, 0.3) is 0 Å². The molecule has 2 aromatic carbocycles. The predicted molar refractivity (Wildman–Crippen MR) is 87.8 cm³/mol. The maximum absolute atomic E-state index is 6.34. The van der Waals surface area contributed by atoms with Crippen LogP contribution in [0.15, 0.2) is 42.5 Å². The molecule has 1 unspecified atom stereocenters. The molecule has 0 aromatic heterocycles. The van der Waals surface area contributed by atoms with Crippen molar-refractivity contribution < 1.29 is 0 Å². The highest BCUT2D eigenvalue weighted by molar-refractivity contribution is 6.36. The number of rotatable bonds is 5. The van der Waals surface area contributed by atoms with Crippen molar-refractivity contribution in [1.82, 2.24) is 5.32 Å². The maximum atomic E-state index is 6.34. The molecule has 0 aliphatic carbocycles. The first-order valence-electron chi connectivity index (χ1n) is 6.93. The van der Waals surface area contributed by atoms with E-state index in [0.717, 1.165) is 18.5 Å². The quantitative estimate of drug-likeness (QED) is 0.795. The smallest absolute Gasteiger partial charge is 0.0606 e. The van der Waals surface area contributed by atoms with Gasteiger partial charge in [-0.1, -0.05) is 67.4 Å². The molecule has 0 radical (unpaired) electrons. The summed E-state index contributed by atoms with van der Waals surface area (Å²) in [6, 6.07) is 14.3. The summed E-state index contributed by atoms with van der Waals surface area (Å²) >= 11 is 12.7. The molecule has 106 valence electrons. The maximum Gasteiger partial charge on any atom is 0.0606 e. The van der Waals surface area contributed by atoms with Crippen molar-refractivity contribution in [1.29, 1.82) is 0 Å². The summed E-state index contributed by atoms with van der Waals surface area (Å²) in [5.74, 6) is 0. The number of hydrogen-bond donors (Lipinski definition) is 1. The van der Waals surface area contributed by atoms with E-state index in [1.54, 1.807) is 0 Å². The topological polar surface area (TPSA) is 12.0 Å². The van der Waals surface area contributed by atoms with E-state index in [1.165, 1.54) is 11.1 Å². The first kappa shape index (κ1) is 15.4. The molecule has 0 aliphatic rings. The molecule has 0 aliphatic heterocycles. The third kappa shape index (κ3) is 3.35. The van der Waals surface area contributed by atoms with Gasteiger partial charge in [0.1, 0.15) is 0 Å². The van der Waals surface area contributed by atoms with Gasteiger partial charge >= 0.3 is 0 Å². The van der Waals surface area contributed by atoms with Crippen molar-refractivity contribution in [2.45, 2.75) is 26.3 Å². The van der Waals surface area contributed by atoms with Crippen LogP contribution < -0.4 is 5.32 Å². The third-order valence-corrected chi connectivity index (χ3v) is 4.08. The second kappa shape index (κ2) is 7.12. The molecule has 0 saturated heterocycles. The Bertz CT molecular complexity index is 543. The molecule has 3 heteroatoms. The van der Waals surface area contributed by atoms with Gasteiger partial charge in [-0.15, -0.1) is 0 Å². The monoisotopic (exact) mass is 307 g/mol. The normalized spacial score (nSPS) is 12.4. The van der Waals surface area contributed by atoms with Crippen LogP contribution in [0.1, 0.15) is 36.6 Å². The van der Waals surface area contributed by atoms with Crippen molar-refractivity contribution in [2.24, 2.45) is 0 Å².